The fourth-order valence-corrected chi connectivity index (χ4v) is 3.45. The van der Waals surface area contributed by atoms with Crippen LogP contribution in [0.2, 0.25) is 0 Å². The van der Waals surface area contributed by atoms with Gasteiger partial charge in [0.05, 0.1) is 24.2 Å². The topological polar surface area (TPSA) is 69.9 Å². The lowest BCUT2D eigenvalue weighted by Crippen LogP contribution is -2.03. The van der Waals surface area contributed by atoms with Crippen LogP contribution in [0.25, 0.3) is 5.13 Å². The van der Waals surface area contributed by atoms with Crippen molar-refractivity contribution in [1.29, 1.82) is 0 Å². The van der Waals surface area contributed by atoms with E-state index in [9.17, 15) is 4.79 Å². The van der Waals surface area contributed by atoms with Crippen molar-refractivity contribution >= 4 is 17.3 Å². The fraction of sp³-hybridized carbons (Fsp3) is 0.333. The Labute approximate surface area is 150 Å². The third-order valence-electron chi connectivity index (χ3n) is 3.87. The quantitative estimate of drug-likeness (QED) is 0.632. The van der Waals surface area contributed by atoms with E-state index in [-0.39, 0.29) is 5.97 Å². The van der Waals surface area contributed by atoms with Crippen LogP contribution >= 0.6 is 11.3 Å². The molecule has 6 nitrogen and oxygen atoms in total. The number of hydrogen-bond acceptors (Lipinski definition) is 6. The first-order valence-electron chi connectivity index (χ1n) is 8.19. The number of ether oxygens (including phenoxy) is 1. The van der Waals surface area contributed by atoms with Gasteiger partial charge >= 0.3 is 5.97 Å². The molecule has 7 heteroatoms. The van der Waals surface area contributed by atoms with Gasteiger partial charge in [-0.1, -0.05) is 53.8 Å². The number of aryl methyl sites for hydroxylation is 1. The molecule has 0 spiro atoms. The van der Waals surface area contributed by atoms with E-state index in [2.05, 4.69) is 34.4 Å². The Kier molecular flexibility index (Phi) is 5.23. The first-order valence-corrected chi connectivity index (χ1v) is 9.01. The Hall–Kier alpha value is -2.54. The van der Waals surface area contributed by atoms with E-state index in [1.807, 2.05) is 24.4 Å². The average molecular weight is 356 g/mol. The maximum atomic E-state index is 11.9. The molecule has 3 aromatic rings. The highest BCUT2D eigenvalue weighted by Gasteiger charge is 2.18. The van der Waals surface area contributed by atoms with Gasteiger partial charge in [0.15, 0.2) is 0 Å². The maximum absolute atomic E-state index is 11.9. The van der Waals surface area contributed by atoms with Gasteiger partial charge in [-0.25, -0.2) is 9.78 Å². The summed E-state index contributed by atoms with van der Waals surface area (Å²) in [4.78, 5) is 16.8. The highest BCUT2D eigenvalue weighted by molar-refractivity contribution is 7.16. The van der Waals surface area contributed by atoms with Crippen molar-refractivity contribution in [3.05, 3.63) is 58.4 Å². The second-order valence-electron chi connectivity index (χ2n) is 5.80. The molecule has 2 aromatic heterocycles. The summed E-state index contributed by atoms with van der Waals surface area (Å²) in [5.74, 6) is 0.00117. The molecule has 0 amide bonds. The minimum atomic E-state index is -0.346. The van der Waals surface area contributed by atoms with Gasteiger partial charge in [-0.05, 0) is 31.7 Å². The van der Waals surface area contributed by atoms with Gasteiger partial charge in [-0.15, -0.1) is 5.10 Å². The van der Waals surface area contributed by atoms with Crippen molar-refractivity contribution in [2.75, 3.05) is 6.61 Å². The van der Waals surface area contributed by atoms with E-state index in [1.165, 1.54) is 16.9 Å². The second-order valence-corrected chi connectivity index (χ2v) is 6.78. The molecule has 2 heterocycles. The third-order valence-corrected chi connectivity index (χ3v) is 4.99. The molecule has 3 rings (SSSR count). The molecule has 0 N–H and O–H groups in total. The summed E-state index contributed by atoms with van der Waals surface area (Å²) >= 11 is 1.26. The van der Waals surface area contributed by atoms with Crippen LogP contribution < -0.4 is 0 Å². The summed E-state index contributed by atoms with van der Waals surface area (Å²) in [6.45, 7) is 6.09. The number of hydrogen-bond donors (Lipinski definition) is 0. The summed E-state index contributed by atoms with van der Waals surface area (Å²) in [6, 6.07) is 10.3. The summed E-state index contributed by atoms with van der Waals surface area (Å²) in [7, 11) is 0. The van der Waals surface area contributed by atoms with Gasteiger partial charge in [0.2, 0.25) is 5.13 Å². The van der Waals surface area contributed by atoms with Crippen LogP contribution in [0.4, 0.5) is 0 Å². The van der Waals surface area contributed by atoms with Crippen molar-refractivity contribution in [1.82, 2.24) is 20.0 Å². The molecule has 0 radical (unpaired) electrons. The molecule has 0 saturated heterocycles. The number of aromatic nitrogens is 4. The summed E-state index contributed by atoms with van der Waals surface area (Å²) in [6.07, 6.45) is 2.66. The van der Waals surface area contributed by atoms with Gasteiger partial charge in [-0.3, -0.25) is 0 Å². The molecule has 0 bridgehead atoms. The van der Waals surface area contributed by atoms with Gasteiger partial charge in [-0.2, -0.15) is 4.68 Å². The predicted molar refractivity (Wildman–Crippen MR) is 96.3 cm³/mol. The van der Waals surface area contributed by atoms with Crippen LogP contribution in [0.3, 0.4) is 0 Å². The standard InChI is InChI=1S/C18H20N4O2S/c1-4-24-17(23)16-13(3)19-18(25-16)22-11-15(20-21-22)10-12(2)14-8-6-5-7-9-14/h5-9,11-12H,4,10H2,1-3H3. The lowest BCUT2D eigenvalue weighted by molar-refractivity contribution is 0.0531. The number of carbonyl (C=O) groups is 1. The monoisotopic (exact) mass is 356 g/mol. The predicted octanol–water partition coefficient (Wildman–Crippen LogP) is 3.56. The van der Waals surface area contributed by atoms with E-state index in [0.29, 0.717) is 28.2 Å². The third kappa shape index (κ3) is 3.93. The molecule has 1 aromatic carbocycles. The first-order chi connectivity index (χ1) is 12.1. The van der Waals surface area contributed by atoms with Gasteiger partial charge in [0.25, 0.3) is 0 Å². The largest absolute Gasteiger partial charge is 0.462 e. The Balaban J connectivity index is 1.75. The van der Waals surface area contributed by atoms with Crippen LogP contribution in [0.5, 0.6) is 0 Å². The lowest BCUT2D eigenvalue weighted by atomic mass is 9.97. The van der Waals surface area contributed by atoms with Crippen molar-refractivity contribution in [2.45, 2.75) is 33.1 Å². The van der Waals surface area contributed by atoms with Crippen LogP contribution in [0.15, 0.2) is 36.5 Å². The highest BCUT2D eigenvalue weighted by Crippen LogP contribution is 2.23. The molecule has 0 saturated carbocycles. The lowest BCUT2D eigenvalue weighted by Gasteiger charge is -2.08. The van der Waals surface area contributed by atoms with E-state index < -0.39 is 0 Å². The SMILES string of the molecule is CCOC(=O)c1sc(-n2cc(CC(C)c3ccccc3)nn2)nc1C. The van der Waals surface area contributed by atoms with Gasteiger partial charge < -0.3 is 4.74 Å². The minimum absolute atomic E-state index is 0.344. The molecular formula is C18H20N4O2S. The maximum Gasteiger partial charge on any atom is 0.350 e. The van der Waals surface area contributed by atoms with Crippen LogP contribution in [-0.4, -0.2) is 32.6 Å². The zero-order valence-electron chi connectivity index (χ0n) is 14.5. The van der Waals surface area contributed by atoms with Crippen LogP contribution in [-0.2, 0) is 11.2 Å². The second kappa shape index (κ2) is 7.57. The molecule has 0 aliphatic rings. The van der Waals surface area contributed by atoms with E-state index in [1.54, 1.807) is 18.5 Å². The Bertz CT molecular complexity index is 857. The van der Waals surface area contributed by atoms with Crippen molar-refractivity contribution < 1.29 is 9.53 Å². The van der Waals surface area contributed by atoms with Crippen molar-refractivity contribution in [3.8, 4) is 5.13 Å². The minimum Gasteiger partial charge on any atom is -0.462 e. The highest BCUT2D eigenvalue weighted by atomic mass is 32.1. The molecule has 25 heavy (non-hydrogen) atoms. The number of thiazole rings is 1. The fourth-order valence-electron chi connectivity index (χ4n) is 2.56. The van der Waals surface area contributed by atoms with Crippen LogP contribution in [0, 0.1) is 6.92 Å². The Morgan fingerprint density at radius 3 is 2.80 bits per heavy atom. The zero-order valence-corrected chi connectivity index (χ0v) is 15.3. The Morgan fingerprint density at radius 1 is 1.32 bits per heavy atom. The first kappa shape index (κ1) is 17.3. The van der Waals surface area contributed by atoms with Crippen molar-refractivity contribution in [2.24, 2.45) is 0 Å². The van der Waals surface area contributed by atoms with E-state index >= 15 is 0 Å². The molecule has 0 aliphatic carbocycles. The number of benzene rings is 1. The van der Waals surface area contributed by atoms with E-state index in [0.717, 1.165) is 12.1 Å². The van der Waals surface area contributed by atoms with Crippen LogP contribution in [0.1, 0.15) is 46.4 Å². The molecule has 0 aliphatic heterocycles. The number of nitrogens with zero attached hydrogens (tertiary/aromatic N) is 4. The molecule has 1 atom stereocenters. The summed E-state index contributed by atoms with van der Waals surface area (Å²) < 4.78 is 6.67. The van der Waals surface area contributed by atoms with Gasteiger partial charge in [0.1, 0.15) is 4.88 Å². The van der Waals surface area contributed by atoms with E-state index in [4.69, 9.17) is 4.74 Å². The summed E-state index contributed by atoms with van der Waals surface area (Å²) in [5, 5.41) is 9.01. The molecule has 0 fully saturated rings. The summed E-state index contributed by atoms with van der Waals surface area (Å²) in [5.41, 5.74) is 2.81. The number of carbonyl (C=O) groups excluding carboxylic acids is 1. The molecule has 1 unspecified atom stereocenters. The number of rotatable bonds is 6. The molecule has 130 valence electrons. The number of esters is 1. The normalized spacial score (nSPS) is 12.1. The van der Waals surface area contributed by atoms with Crippen molar-refractivity contribution in [3.63, 3.8) is 0 Å². The Morgan fingerprint density at radius 2 is 2.08 bits per heavy atom. The zero-order chi connectivity index (χ0) is 17.8. The van der Waals surface area contributed by atoms with Gasteiger partial charge in [0, 0.05) is 0 Å². The smallest absolute Gasteiger partial charge is 0.350 e. The molecular weight excluding hydrogens is 336 g/mol. The average Bonchev–Trinajstić information content (AvgIpc) is 3.22.